The fraction of sp³-hybridized carbons (Fsp3) is 0.947. The molecule has 0 aromatic rings. The zero-order valence-corrected chi connectivity index (χ0v) is 13.8. The zero-order chi connectivity index (χ0) is 15.3. The number of epoxide rings is 1. The van der Waals surface area contributed by atoms with E-state index in [2.05, 4.69) is 13.8 Å². The minimum atomic E-state index is -0.0955. The Kier molecular flexibility index (Phi) is 2.64. The lowest BCUT2D eigenvalue weighted by atomic mass is 9.45. The molecule has 4 saturated carbocycles. The van der Waals surface area contributed by atoms with Gasteiger partial charge in [0.15, 0.2) is 5.78 Å². The Labute approximate surface area is 132 Å². The molecule has 1 saturated heterocycles. The molecule has 5 fully saturated rings. The molecule has 1 aliphatic heterocycles. The number of ether oxygens (including phenoxy) is 1. The zero-order valence-electron chi connectivity index (χ0n) is 13.8. The van der Waals surface area contributed by atoms with E-state index in [0.29, 0.717) is 23.5 Å². The lowest BCUT2D eigenvalue weighted by Crippen LogP contribution is -2.56. The van der Waals surface area contributed by atoms with Gasteiger partial charge in [0, 0.05) is 11.8 Å². The third-order valence-electron chi connectivity index (χ3n) is 8.78. The standard InChI is InChI=1S/C19H28O3/c1-18-8-7-13-11(12(18)5-6-15(18)21)4-3-10-9-14(20)16-17(22-16)19(10,13)2/h10-13,15-17,21H,3-9H2,1-2H3/t10-,11-,12-,13-,15-,16?,17?,18-,19-/m0/s1. The summed E-state index contributed by atoms with van der Waals surface area (Å²) in [7, 11) is 0. The molecular formula is C19H28O3. The van der Waals surface area contributed by atoms with E-state index in [4.69, 9.17) is 4.74 Å². The molecule has 1 heterocycles. The maximum atomic E-state index is 12.1. The Morgan fingerprint density at radius 1 is 1.09 bits per heavy atom. The van der Waals surface area contributed by atoms with Crippen LogP contribution in [0.15, 0.2) is 0 Å². The molecule has 1 N–H and O–H groups in total. The van der Waals surface area contributed by atoms with E-state index in [-0.39, 0.29) is 29.1 Å². The van der Waals surface area contributed by atoms with Gasteiger partial charge in [-0.25, -0.2) is 0 Å². The van der Waals surface area contributed by atoms with Crippen LogP contribution in [0.3, 0.4) is 0 Å². The Morgan fingerprint density at radius 2 is 1.91 bits per heavy atom. The van der Waals surface area contributed by atoms with Crippen molar-refractivity contribution in [3.8, 4) is 0 Å². The number of carbonyl (C=O) groups excluding carboxylic acids is 1. The average Bonchev–Trinajstić information content (AvgIpc) is 3.24. The Bertz CT molecular complexity index is 531. The van der Waals surface area contributed by atoms with Gasteiger partial charge in [0.1, 0.15) is 6.10 Å². The van der Waals surface area contributed by atoms with Crippen LogP contribution in [0.25, 0.3) is 0 Å². The number of aliphatic hydroxyl groups excluding tert-OH is 1. The van der Waals surface area contributed by atoms with Crippen molar-refractivity contribution in [2.45, 2.75) is 77.1 Å². The van der Waals surface area contributed by atoms with Gasteiger partial charge >= 0.3 is 0 Å². The maximum absolute atomic E-state index is 12.1. The minimum absolute atomic E-state index is 0.0671. The van der Waals surface area contributed by atoms with E-state index in [0.717, 1.165) is 25.2 Å². The number of aliphatic hydroxyl groups is 1. The molecule has 22 heavy (non-hydrogen) atoms. The summed E-state index contributed by atoms with van der Waals surface area (Å²) in [5.41, 5.74) is 0.370. The fourth-order valence-corrected chi connectivity index (χ4v) is 7.40. The van der Waals surface area contributed by atoms with Crippen molar-refractivity contribution in [1.82, 2.24) is 0 Å². The van der Waals surface area contributed by atoms with Crippen LogP contribution in [-0.4, -0.2) is 29.2 Å². The molecule has 0 aromatic heterocycles. The van der Waals surface area contributed by atoms with Gasteiger partial charge in [-0.3, -0.25) is 4.79 Å². The van der Waals surface area contributed by atoms with Crippen LogP contribution < -0.4 is 0 Å². The lowest BCUT2D eigenvalue weighted by molar-refractivity contribution is -0.136. The summed E-state index contributed by atoms with van der Waals surface area (Å²) < 4.78 is 5.87. The number of fused-ring (bicyclic) bond motifs is 7. The van der Waals surface area contributed by atoms with Crippen molar-refractivity contribution in [2.24, 2.45) is 34.5 Å². The van der Waals surface area contributed by atoms with E-state index < -0.39 is 0 Å². The molecule has 0 bridgehead atoms. The van der Waals surface area contributed by atoms with Crippen molar-refractivity contribution in [1.29, 1.82) is 0 Å². The molecule has 9 atom stereocenters. The molecule has 0 spiro atoms. The molecular weight excluding hydrogens is 276 g/mol. The lowest BCUT2D eigenvalue weighted by Gasteiger charge is -2.59. The highest BCUT2D eigenvalue weighted by Gasteiger charge is 2.69. The van der Waals surface area contributed by atoms with Gasteiger partial charge in [0.25, 0.3) is 0 Å². The van der Waals surface area contributed by atoms with Crippen molar-refractivity contribution in [2.75, 3.05) is 0 Å². The quantitative estimate of drug-likeness (QED) is 0.700. The van der Waals surface area contributed by atoms with Gasteiger partial charge in [-0.15, -0.1) is 0 Å². The van der Waals surface area contributed by atoms with Crippen LogP contribution in [0.5, 0.6) is 0 Å². The molecule has 0 amide bonds. The van der Waals surface area contributed by atoms with Gasteiger partial charge in [0.05, 0.1) is 12.2 Å². The fourth-order valence-electron chi connectivity index (χ4n) is 7.40. The highest BCUT2D eigenvalue weighted by molar-refractivity contribution is 5.87. The summed E-state index contributed by atoms with van der Waals surface area (Å²) in [6.45, 7) is 4.76. The number of Topliss-reactive ketones (excluding diaryl/α,β-unsaturated/α-hetero) is 1. The second-order valence-corrected chi connectivity index (χ2v) is 9.30. The largest absolute Gasteiger partial charge is 0.393 e. The first kappa shape index (κ1) is 14.0. The van der Waals surface area contributed by atoms with E-state index in [1.807, 2.05) is 0 Å². The third kappa shape index (κ3) is 1.48. The van der Waals surface area contributed by atoms with Gasteiger partial charge in [-0.1, -0.05) is 13.8 Å². The van der Waals surface area contributed by atoms with Crippen LogP contribution in [0.4, 0.5) is 0 Å². The number of ketones is 1. The summed E-state index contributed by atoms with van der Waals surface area (Å²) in [4.78, 5) is 12.1. The molecule has 3 heteroatoms. The molecule has 122 valence electrons. The van der Waals surface area contributed by atoms with E-state index >= 15 is 0 Å². The molecule has 2 unspecified atom stereocenters. The van der Waals surface area contributed by atoms with Gasteiger partial charge in [-0.2, -0.15) is 0 Å². The molecule has 5 aliphatic rings. The SMILES string of the molecule is C[C@]12CC[C@H]3[C@@H](CC[C@H]4CC(=O)C5OC5[C@@]43C)[C@@H]1CC[C@@H]2O. The summed E-state index contributed by atoms with van der Waals surface area (Å²) in [5, 5.41) is 10.5. The van der Waals surface area contributed by atoms with Crippen molar-refractivity contribution in [3.05, 3.63) is 0 Å². The van der Waals surface area contributed by atoms with Gasteiger partial charge in [0.2, 0.25) is 0 Å². The number of hydrogen-bond acceptors (Lipinski definition) is 3. The summed E-state index contributed by atoms with van der Waals surface area (Å²) in [5.74, 6) is 3.05. The van der Waals surface area contributed by atoms with E-state index in [1.54, 1.807) is 0 Å². The molecule has 0 radical (unpaired) electrons. The predicted molar refractivity (Wildman–Crippen MR) is 82.2 cm³/mol. The first-order valence-corrected chi connectivity index (χ1v) is 9.32. The monoisotopic (exact) mass is 304 g/mol. The second-order valence-electron chi connectivity index (χ2n) is 9.30. The minimum Gasteiger partial charge on any atom is -0.393 e. The van der Waals surface area contributed by atoms with Crippen LogP contribution in [-0.2, 0) is 9.53 Å². The van der Waals surface area contributed by atoms with E-state index in [1.165, 1.54) is 25.7 Å². The third-order valence-corrected chi connectivity index (χ3v) is 8.78. The van der Waals surface area contributed by atoms with Crippen molar-refractivity contribution < 1.29 is 14.6 Å². The first-order chi connectivity index (χ1) is 10.5. The van der Waals surface area contributed by atoms with Gasteiger partial charge < -0.3 is 9.84 Å². The van der Waals surface area contributed by atoms with Crippen molar-refractivity contribution >= 4 is 5.78 Å². The number of carbonyl (C=O) groups is 1. The van der Waals surface area contributed by atoms with Gasteiger partial charge in [-0.05, 0) is 67.6 Å². The van der Waals surface area contributed by atoms with E-state index in [9.17, 15) is 9.90 Å². The highest BCUT2D eigenvalue weighted by atomic mass is 16.6. The van der Waals surface area contributed by atoms with Crippen molar-refractivity contribution in [3.63, 3.8) is 0 Å². The van der Waals surface area contributed by atoms with Crippen LogP contribution >= 0.6 is 0 Å². The smallest absolute Gasteiger partial charge is 0.164 e. The predicted octanol–water partition coefficient (Wildman–Crippen LogP) is 2.95. The first-order valence-electron chi connectivity index (χ1n) is 9.32. The molecule has 0 aromatic carbocycles. The number of hydrogen-bond donors (Lipinski definition) is 1. The molecule has 3 nitrogen and oxygen atoms in total. The average molecular weight is 304 g/mol. The van der Waals surface area contributed by atoms with Crippen LogP contribution in [0.2, 0.25) is 0 Å². The Balaban J connectivity index is 1.50. The molecule has 5 rings (SSSR count). The summed E-state index contributed by atoms with van der Waals surface area (Å²) in [6, 6.07) is 0. The normalized spacial score (nSPS) is 62.7. The second kappa shape index (κ2) is 4.16. The highest BCUT2D eigenvalue weighted by Crippen LogP contribution is 2.68. The Hall–Kier alpha value is -0.410. The van der Waals surface area contributed by atoms with Crippen LogP contribution in [0, 0.1) is 34.5 Å². The molecule has 4 aliphatic carbocycles. The topological polar surface area (TPSA) is 49.8 Å². The Morgan fingerprint density at radius 3 is 2.73 bits per heavy atom. The summed E-state index contributed by atoms with van der Waals surface area (Å²) in [6.07, 6.45) is 7.84. The number of rotatable bonds is 0. The maximum Gasteiger partial charge on any atom is 0.164 e. The summed E-state index contributed by atoms with van der Waals surface area (Å²) >= 11 is 0. The van der Waals surface area contributed by atoms with Crippen LogP contribution in [0.1, 0.15) is 58.8 Å².